The number of nitrogens with zero attached hydrogens (tertiary/aromatic N) is 1. The van der Waals surface area contributed by atoms with E-state index in [1.807, 2.05) is 20.8 Å². The molecule has 0 bridgehead atoms. The van der Waals surface area contributed by atoms with Gasteiger partial charge in [-0.25, -0.2) is 0 Å². The van der Waals surface area contributed by atoms with Crippen LogP contribution in [-0.2, 0) is 9.53 Å². The van der Waals surface area contributed by atoms with E-state index in [9.17, 15) is 4.79 Å². The second-order valence-corrected chi connectivity index (χ2v) is 5.62. The lowest BCUT2D eigenvalue weighted by atomic mass is 10.1. The molecule has 4 heteroatoms. The Kier molecular flexibility index (Phi) is 4.74. The van der Waals surface area contributed by atoms with Gasteiger partial charge in [0, 0.05) is 13.1 Å². The number of likely N-dealkylation sites (tertiary alicyclic amines) is 1. The van der Waals surface area contributed by atoms with Crippen LogP contribution in [0.3, 0.4) is 0 Å². The summed E-state index contributed by atoms with van der Waals surface area (Å²) in [6.45, 7) is 9.01. The van der Waals surface area contributed by atoms with Crippen molar-refractivity contribution in [2.75, 3.05) is 33.3 Å². The van der Waals surface area contributed by atoms with E-state index >= 15 is 0 Å². The Morgan fingerprint density at radius 2 is 2.19 bits per heavy atom. The zero-order valence-electron chi connectivity index (χ0n) is 10.9. The molecule has 4 nitrogen and oxygen atoms in total. The van der Waals surface area contributed by atoms with Gasteiger partial charge in [0.2, 0.25) is 5.91 Å². The second kappa shape index (κ2) is 5.64. The maximum atomic E-state index is 11.5. The van der Waals surface area contributed by atoms with Crippen LogP contribution in [0.4, 0.5) is 0 Å². The zero-order valence-corrected chi connectivity index (χ0v) is 10.9. The fourth-order valence-corrected chi connectivity index (χ4v) is 1.78. The maximum Gasteiger partial charge on any atom is 0.246 e. The molecule has 0 aliphatic carbocycles. The highest BCUT2D eigenvalue weighted by Gasteiger charge is 2.20. The summed E-state index contributed by atoms with van der Waals surface area (Å²) in [5.41, 5.74) is -0.245. The molecule has 1 aliphatic rings. The predicted molar refractivity (Wildman–Crippen MR) is 64.3 cm³/mol. The highest BCUT2D eigenvalue weighted by atomic mass is 16.5. The summed E-state index contributed by atoms with van der Waals surface area (Å²) >= 11 is 0. The van der Waals surface area contributed by atoms with Gasteiger partial charge >= 0.3 is 0 Å². The molecule has 94 valence electrons. The Bertz CT molecular complexity index is 236. The monoisotopic (exact) mass is 228 g/mol. The minimum Gasteiger partial charge on any atom is -0.366 e. The molecule has 1 amide bonds. The third-order valence-corrected chi connectivity index (χ3v) is 2.71. The highest BCUT2D eigenvalue weighted by Crippen LogP contribution is 2.12. The van der Waals surface area contributed by atoms with Crippen LogP contribution in [0.2, 0.25) is 0 Å². The van der Waals surface area contributed by atoms with Gasteiger partial charge in [-0.3, -0.25) is 4.79 Å². The molecule has 0 aromatic heterocycles. The molecule has 1 N–H and O–H groups in total. The van der Waals surface area contributed by atoms with E-state index in [0.29, 0.717) is 5.92 Å². The minimum atomic E-state index is -0.245. The molecule has 1 aliphatic heterocycles. The van der Waals surface area contributed by atoms with Gasteiger partial charge in [-0.2, -0.15) is 0 Å². The van der Waals surface area contributed by atoms with Crippen molar-refractivity contribution in [2.45, 2.75) is 32.8 Å². The molecular weight excluding hydrogens is 204 g/mol. The predicted octanol–water partition coefficient (Wildman–Crippen LogP) is 0.869. The van der Waals surface area contributed by atoms with E-state index in [1.165, 1.54) is 6.42 Å². The first-order valence-electron chi connectivity index (χ1n) is 5.96. The average Bonchev–Trinajstić information content (AvgIpc) is 2.57. The number of ether oxygens (including phenoxy) is 1. The van der Waals surface area contributed by atoms with E-state index in [0.717, 1.165) is 19.6 Å². The fourth-order valence-electron chi connectivity index (χ4n) is 1.78. The summed E-state index contributed by atoms with van der Waals surface area (Å²) < 4.78 is 5.40. The van der Waals surface area contributed by atoms with Crippen molar-refractivity contribution >= 4 is 5.91 Å². The topological polar surface area (TPSA) is 41.6 Å². The molecule has 0 radical (unpaired) electrons. The summed E-state index contributed by atoms with van der Waals surface area (Å²) in [6.07, 6.45) is 1.18. The molecule has 1 saturated heterocycles. The lowest BCUT2D eigenvalue weighted by Gasteiger charge is -2.19. The Hall–Kier alpha value is -0.610. The van der Waals surface area contributed by atoms with Gasteiger partial charge < -0.3 is 15.0 Å². The first kappa shape index (κ1) is 13.5. The Morgan fingerprint density at radius 1 is 1.50 bits per heavy atom. The standard InChI is InChI=1S/C12H24N2O2/c1-12(2,3)16-9-11(15)13-7-10-5-6-14(4)8-10/h10H,5-9H2,1-4H3,(H,13,15). The molecule has 1 fully saturated rings. The Labute approximate surface area is 98.3 Å². The largest absolute Gasteiger partial charge is 0.366 e. The molecule has 1 unspecified atom stereocenters. The van der Waals surface area contributed by atoms with E-state index in [4.69, 9.17) is 4.74 Å². The van der Waals surface area contributed by atoms with Crippen LogP contribution >= 0.6 is 0 Å². The molecule has 1 rings (SSSR count). The third kappa shape index (κ3) is 5.47. The van der Waals surface area contributed by atoms with E-state index in [-0.39, 0.29) is 18.1 Å². The normalized spacial score (nSPS) is 22.4. The lowest BCUT2D eigenvalue weighted by Crippen LogP contribution is -2.35. The Morgan fingerprint density at radius 3 is 2.69 bits per heavy atom. The van der Waals surface area contributed by atoms with Crippen molar-refractivity contribution in [3.05, 3.63) is 0 Å². The fraction of sp³-hybridized carbons (Fsp3) is 0.917. The smallest absolute Gasteiger partial charge is 0.246 e. The molecule has 16 heavy (non-hydrogen) atoms. The van der Waals surface area contributed by atoms with Gasteiger partial charge in [0.25, 0.3) is 0 Å². The van der Waals surface area contributed by atoms with Gasteiger partial charge in [-0.05, 0) is 46.7 Å². The quantitative estimate of drug-likeness (QED) is 0.776. The molecule has 0 aromatic rings. The molecule has 0 aromatic carbocycles. The number of carbonyl (C=O) groups excluding carboxylic acids is 1. The van der Waals surface area contributed by atoms with Crippen molar-refractivity contribution in [3.8, 4) is 0 Å². The minimum absolute atomic E-state index is 0.00974. The number of rotatable bonds is 4. The van der Waals surface area contributed by atoms with E-state index in [1.54, 1.807) is 0 Å². The number of amides is 1. The summed E-state index contributed by atoms with van der Waals surface area (Å²) in [6, 6.07) is 0. The van der Waals surface area contributed by atoms with Crippen LogP contribution in [0.1, 0.15) is 27.2 Å². The highest BCUT2D eigenvalue weighted by molar-refractivity contribution is 5.77. The van der Waals surface area contributed by atoms with Gasteiger partial charge in [-0.1, -0.05) is 0 Å². The van der Waals surface area contributed by atoms with Crippen molar-refractivity contribution < 1.29 is 9.53 Å². The van der Waals surface area contributed by atoms with Crippen LogP contribution in [0.15, 0.2) is 0 Å². The van der Waals surface area contributed by atoms with Crippen molar-refractivity contribution in [1.82, 2.24) is 10.2 Å². The van der Waals surface area contributed by atoms with Crippen molar-refractivity contribution in [3.63, 3.8) is 0 Å². The van der Waals surface area contributed by atoms with Gasteiger partial charge in [0.15, 0.2) is 0 Å². The van der Waals surface area contributed by atoms with E-state index < -0.39 is 0 Å². The van der Waals surface area contributed by atoms with Crippen LogP contribution in [0.5, 0.6) is 0 Å². The van der Waals surface area contributed by atoms with Crippen molar-refractivity contribution in [2.24, 2.45) is 5.92 Å². The van der Waals surface area contributed by atoms with Gasteiger partial charge in [0.1, 0.15) is 6.61 Å². The molecule has 1 heterocycles. The first-order valence-corrected chi connectivity index (χ1v) is 5.96. The van der Waals surface area contributed by atoms with Crippen LogP contribution in [0.25, 0.3) is 0 Å². The number of hydrogen-bond donors (Lipinski definition) is 1. The first-order chi connectivity index (χ1) is 7.37. The van der Waals surface area contributed by atoms with Crippen LogP contribution in [0, 0.1) is 5.92 Å². The molecular formula is C12H24N2O2. The summed E-state index contributed by atoms with van der Waals surface area (Å²) in [7, 11) is 2.12. The number of carbonyl (C=O) groups is 1. The average molecular weight is 228 g/mol. The zero-order chi connectivity index (χ0) is 12.2. The number of hydrogen-bond acceptors (Lipinski definition) is 3. The van der Waals surface area contributed by atoms with Crippen LogP contribution < -0.4 is 5.32 Å². The molecule has 1 atom stereocenters. The van der Waals surface area contributed by atoms with Gasteiger partial charge in [0.05, 0.1) is 5.60 Å². The second-order valence-electron chi connectivity index (χ2n) is 5.62. The van der Waals surface area contributed by atoms with Crippen molar-refractivity contribution in [1.29, 1.82) is 0 Å². The summed E-state index contributed by atoms with van der Waals surface area (Å²) in [5.74, 6) is 0.591. The lowest BCUT2D eigenvalue weighted by molar-refractivity contribution is -0.130. The van der Waals surface area contributed by atoms with E-state index in [2.05, 4.69) is 17.3 Å². The number of nitrogens with one attached hydrogen (secondary N) is 1. The Balaban J connectivity index is 2.11. The molecule has 0 spiro atoms. The van der Waals surface area contributed by atoms with Crippen LogP contribution in [-0.4, -0.2) is 49.7 Å². The maximum absolute atomic E-state index is 11.5. The molecule has 0 saturated carbocycles. The summed E-state index contributed by atoms with van der Waals surface area (Å²) in [5, 5.41) is 2.93. The van der Waals surface area contributed by atoms with Gasteiger partial charge in [-0.15, -0.1) is 0 Å². The third-order valence-electron chi connectivity index (χ3n) is 2.71. The SMILES string of the molecule is CN1CCC(CNC(=O)COC(C)(C)C)C1. The summed E-state index contributed by atoms with van der Waals surface area (Å²) in [4.78, 5) is 13.8.